The monoisotopic (exact) mass is 300 g/mol. The number of nitrogens with one attached hydrogen (secondary N) is 1. The van der Waals surface area contributed by atoms with Crippen LogP contribution in [0.1, 0.15) is 24.2 Å². The Morgan fingerprint density at radius 3 is 2.88 bits per heavy atom. The third-order valence-electron chi connectivity index (χ3n) is 2.94. The van der Waals surface area contributed by atoms with Gasteiger partial charge in [0.1, 0.15) is 5.54 Å². The van der Waals surface area contributed by atoms with Gasteiger partial charge in [0.05, 0.1) is 11.8 Å². The third-order valence-corrected chi connectivity index (χ3v) is 3.56. The molecule has 0 spiro atoms. The van der Waals surface area contributed by atoms with Crippen LogP contribution in [-0.4, -0.2) is 35.3 Å². The molecular weight excluding hydrogens is 288 g/mol. The summed E-state index contributed by atoms with van der Waals surface area (Å²) in [6.07, 6.45) is 1.44. The van der Waals surface area contributed by atoms with Gasteiger partial charge in [-0.05, 0) is 35.8 Å². The number of carbonyl (C=O) groups excluding carboxylic acids is 2. The van der Waals surface area contributed by atoms with Crippen LogP contribution in [0.5, 0.6) is 0 Å². The van der Waals surface area contributed by atoms with Gasteiger partial charge in [0.2, 0.25) is 5.91 Å². The largest absolute Gasteiger partial charge is 0.457 e. The van der Waals surface area contributed by atoms with Gasteiger partial charge in [0, 0.05) is 13.1 Å². The van der Waals surface area contributed by atoms with E-state index < -0.39 is 5.54 Å². The lowest BCUT2D eigenvalue weighted by Crippen LogP contribution is -2.63. The third kappa shape index (κ3) is 1.97. The second-order valence-electron chi connectivity index (χ2n) is 4.38. The van der Waals surface area contributed by atoms with E-state index in [-0.39, 0.29) is 11.8 Å². The molecule has 1 aromatic rings. The molecule has 17 heavy (non-hydrogen) atoms. The van der Waals surface area contributed by atoms with Crippen LogP contribution < -0.4 is 5.32 Å². The Kier molecular flexibility index (Phi) is 2.99. The van der Waals surface area contributed by atoms with Gasteiger partial charge < -0.3 is 14.6 Å². The van der Waals surface area contributed by atoms with Crippen molar-refractivity contribution in [3.05, 3.63) is 22.6 Å². The van der Waals surface area contributed by atoms with E-state index in [1.807, 2.05) is 0 Å². The highest BCUT2D eigenvalue weighted by Crippen LogP contribution is 2.25. The first-order chi connectivity index (χ1) is 7.94. The average molecular weight is 301 g/mol. The van der Waals surface area contributed by atoms with Crippen molar-refractivity contribution >= 4 is 27.7 Å². The summed E-state index contributed by atoms with van der Waals surface area (Å²) in [7, 11) is 0. The molecule has 1 aliphatic rings. The van der Waals surface area contributed by atoms with Crippen LogP contribution in [0.15, 0.2) is 21.4 Å². The molecule has 1 aromatic heterocycles. The smallest absolute Gasteiger partial charge is 0.259 e. The van der Waals surface area contributed by atoms with Gasteiger partial charge >= 0.3 is 0 Å². The van der Waals surface area contributed by atoms with Gasteiger partial charge in [-0.2, -0.15) is 0 Å². The van der Waals surface area contributed by atoms with Crippen LogP contribution in [0.3, 0.4) is 0 Å². The zero-order chi connectivity index (χ0) is 12.6. The highest BCUT2D eigenvalue weighted by Gasteiger charge is 2.41. The van der Waals surface area contributed by atoms with Crippen molar-refractivity contribution in [2.45, 2.75) is 19.4 Å². The molecule has 5 nitrogen and oxygen atoms in total. The second-order valence-corrected chi connectivity index (χ2v) is 5.10. The first-order valence-corrected chi connectivity index (χ1v) is 6.07. The highest BCUT2D eigenvalue weighted by molar-refractivity contribution is 9.10. The quantitative estimate of drug-likeness (QED) is 0.852. The minimum Gasteiger partial charge on any atom is -0.457 e. The molecule has 0 aromatic carbocycles. The van der Waals surface area contributed by atoms with Gasteiger partial charge in [-0.25, -0.2) is 0 Å². The van der Waals surface area contributed by atoms with Crippen molar-refractivity contribution in [3.8, 4) is 0 Å². The maximum absolute atomic E-state index is 12.3. The van der Waals surface area contributed by atoms with Gasteiger partial charge in [-0.15, -0.1) is 0 Å². The lowest BCUT2D eigenvalue weighted by molar-refractivity contribution is -0.133. The number of amides is 2. The molecule has 92 valence electrons. The van der Waals surface area contributed by atoms with Crippen LogP contribution in [0.25, 0.3) is 0 Å². The Balaban J connectivity index is 2.31. The predicted molar refractivity (Wildman–Crippen MR) is 64.5 cm³/mol. The summed E-state index contributed by atoms with van der Waals surface area (Å²) < 4.78 is 5.43. The highest BCUT2D eigenvalue weighted by atomic mass is 79.9. The molecule has 0 bridgehead atoms. The van der Waals surface area contributed by atoms with Gasteiger partial charge in [0.15, 0.2) is 4.67 Å². The molecule has 2 rings (SSSR count). The van der Waals surface area contributed by atoms with E-state index in [4.69, 9.17) is 4.42 Å². The summed E-state index contributed by atoms with van der Waals surface area (Å²) in [4.78, 5) is 25.6. The number of hydrogen-bond donors (Lipinski definition) is 1. The summed E-state index contributed by atoms with van der Waals surface area (Å²) in [5, 5.41) is 2.75. The fraction of sp³-hybridized carbons (Fsp3) is 0.455. The van der Waals surface area contributed by atoms with Crippen molar-refractivity contribution < 1.29 is 14.0 Å². The molecule has 1 aliphatic heterocycles. The van der Waals surface area contributed by atoms with Gasteiger partial charge in [-0.1, -0.05) is 0 Å². The molecule has 0 radical (unpaired) electrons. The van der Waals surface area contributed by atoms with Crippen LogP contribution in [0.2, 0.25) is 0 Å². The van der Waals surface area contributed by atoms with Crippen LogP contribution in [-0.2, 0) is 4.79 Å². The van der Waals surface area contributed by atoms with E-state index >= 15 is 0 Å². The van der Waals surface area contributed by atoms with Gasteiger partial charge in [-0.3, -0.25) is 9.59 Å². The minimum absolute atomic E-state index is 0.142. The Morgan fingerprint density at radius 1 is 1.59 bits per heavy atom. The molecule has 0 unspecified atom stereocenters. The molecule has 2 heterocycles. The predicted octanol–water partition coefficient (Wildman–Crippen LogP) is 1.39. The lowest BCUT2D eigenvalue weighted by Gasteiger charge is -2.41. The van der Waals surface area contributed by atoms with Crippen molar-refractivity contribution in [3.63, 3.8) is 0 Å². The average Bonchev–Trinajstić information content (AvgIpc) is 2.68. The molecule has 1 saturated heterocycles. The fourth-order valence-electron chi connectivity index (χ4n) is 1.85. The number of carbonyl (C=O) groups is 2. The van der Waals surface area contributed by atoms with E-state index in [0.717, 1.165) is 0 Å². The second kappa shape index (κ2) is 4.18. The number of furan rings is 1. The first-order valence-electron chi connectivity index (χ1n) is 5.28. The van der Waals surface area contributed by atoms with E-state index in [1.54, 1.807) is 24.8 Å². The number of halogens is 1. The molecule has 0 atom stereocenters. The first kappa shape index (κ1) is 12.2. The SMILES string of the molecule is CC1(C)C(=O)NCCN1C(=O)c1ccoc1Br. The van der Waals surface area contributed by atoms with E-state index in [0.29, 0.717) is 23.3 Å². The summed E-state index contributed by atoms with van der Waals surface area (Å²) in [6.45, 7) is 4.43. The molecule has 1 N–H and O–H groups in total. The zero-order valence-electron chi connectivity index (χ0n) is 9.62. The number of piperazine rings is 1. The zero-order valence-corrected chi connectivity index (χ0v) is 11.2. The van der Waals surface area contributed by atoms with E-state index in [2.05, 4.69) is 21.2 Å². The summed E-state index contributed by atoms with van der Waals surface area (Å²) in [5.41, 5.74) is -0.403. The summed E-state index contributed by atoms with van der Waals surface area (Å²) in [6, 6.07) is 1.59. The maximum atomic E-state index is 12.3. The fourth-order valence-corrected chi connectivity index (χ4v) is 2.26. The number of hydrogen-bond acceptors (Lipinski definition) is 3. The lowest BCUT2D eigenvalue weighted by atomic mass is 9.98. The number of nitrogens with zero attached hydrogens (tertiary/aromatic N) is 1. The van der Waals surface area contributed by atoms with Crippen molar-refractivity contribution in [1.29, 1.82) is 0 Å². The number of rotatable bonds is 1. The Labute approximate surface area is 107 Å². The molecule has 0 aliphatic carbocycles. The van der Waals surface area contributed by atoms with E-state index in [1.165, 1.54) is 6.26 Å². The summed E-state index contributed by atoms with van der Waals surface area (Å²) >= 11 is 3.17. The van der Waals surface area contributed by atoms with E-state index in [9.17, 15) is 9.59 Å². The molecule has 2 amide bonds. The summed E-state index contributed by atoms with van der Waals surface area (Å²) in [5.74, 6) is -0.345. The molecule has 0 saturated carbocycles. The minimum atomic E-state index is -0.841. The Bertz CT molecular complexity index is 467. The van der Waals surface area contributed by atoms with Crippen molar-refractivity contribution in [2.75, 3.05) is 13.1 Å². The Morgan fingerprint density at radius 2 is 2.29 bits per heavy atom. The van der Waals surface area contributed by atoms with Crippen molar-refractivity contribution in [1.82, 2.24) is 10.2 Å². The van der Waals surface area contributed by atoms with Gasteiger partial charge in [0.25, 0.3) is 5.91 Å². The van der Waals surface area contributed by atoms with Crippen LogP contribution in [0.4, 0.5) is 0 Å². The van der Waals surface area contributed by atoms with Crippen LogP contribution >= 0.6 is 15.9 Å². The maximum Gasteiger partial charge on any atom is 0.259 e. The van der Waals surface area contributed by atoms with Crippen molar-refractivity contribution in [2.24, 2.45) is 0 Å². The molecule has 6 heteroatoms. The topological polar surface area (TPSA) is 62.6 Å². The normalized spacial score (nSPS) is 19.0. The molecule has 1 fully saturated rings. The Hall–Kier alpha value is -1.30. The van der Waals surface area contributed by atoms with Crippen LogP contribution in [0, 0.1) is 0 Å². The molecular formula is C11H13BrN2O3. The standard InChI is InChI=1S/C11H13BrN2O3/c1-11(2)10(16)13-4-5-14(11)9(15)7-3-6-17-8(7)12/h3,6H,4-5H2,1-2H3,(H,13,16).